The van der Waals surface area contributed by atoms with Gasteiger partial charge < -0.3 is 0 Å². The van der Waals surface area contributed by atoms with Crippen molar-refractivity contribution in [1.82, 2.24) is 9.78 Å². The number of carbonyl (C=O) groups excluding carboxylic acids is 1. The van der Waals surface area contributed by atoms with Gasteiger partial charge in [-0.05, 0) is 30.2 Å². The second kappa shape index (κ2) is 6.22. The summed E-state index contributed by atoms with van der Waals surface area (Å²) < 4.78 is 1.78. The van der Waals surface area contributed by atoms with Crippen LogP contribution in [0.15, 0.2) is 30.5 Å². The molecule has 0 atom stereocenters. The number of hydrogen-bond acceptors (Lipinski definition) is 2. The molecule has 0 amide bonds. The molecule has 19 heavy (non-hydrogen) atoms. The van der Waals surface area contributed by atoms with Crippen molar-refractivity contribution in [2.45, 2.75) is 19.3 Å². The highest BCUT2D eigenvalue weighted by molar-refractivity contribution is 6.35. The van der Waals surface area contributed by atoms with Gasteiger partial charge in [0, 0.05) is 41.8 Å². The first kappa shape index (κ1) is 14.1. The van der Waals surface area contributed by atoms with Crippen molar-refractivity contribution >= 4 is 29.0 Å². The maximum absolute atomic E-state index is 11.9. The second-order valence-electron chi connectivity index (χ2n) is 4.40. The van der Waals surface area contributed by atoms with E-state index < -0.39 is 0 Å². The first-order chi connectivity index (χ1) is 9.06. The van der Waals surface area contributed by atoms with Gasteiger partial charge in [0.2, 0.25) is 0 Å². The Kier molecular flexibility index (Phi) is 4.61. The summed E-state index contributed by atoms with van der Waals surface area (Å²) in [6.07, 6.45) is 3.25. The Balaban J connectivity index is 1.93. The highest BCUT2D eigenvalue weighted by atomic mass is 35.5. The van der Waals surface area contributed by atoms with Gasteiger partial charge in [-0.15, -0.1) is 0 Å². The lowest BCUT2D eigenvalue weighted by atomic mass is 10.0. The molecule has 0 saturated carbocycles. The summed E-state index contributed by atoms with van der Waals surface area (Å²) in [6, 6.07) is 7.12. The Hall–Kier alpha value is -1.32. The summed E-state index contributed by atoms with van der Waals surface area (Å²) in [4.78, 5) is 11.9. The lowest BCUT2D eigenvalue weighted by Gasteiger charge is -2.05. The van der Waals surface area contributed by atoms with Gasteiger partial charge in [0.25, 0.3) is 0 Å². The summed E-state index contributed by atoms with van der Waals surface area (Å²) in [7, 11) is 1.87. The number of ketones is 1. The Morgan fingerprint density at radius 1 is 1.32 bits per heavy atom. The van der Waals surface area contributed by atoms with Gasteiger partial charge in [-0.1, -0.05) is 29.3 Å². The minimum Gasteiger partial charge on any atom is -0.299 e. The van der Waals surface area contributed by atoms with E-state index in [0.29, 0.717) is 29.3 Å². The molecule has 3 nitrogen and oxygen atoms in total. The third-order valence-electron chi connectivity index (χ3n) is 2.99. The average molecular weight is 297 g/mol. The fourth-order valence-corrected chi connectivity index (χ4v) is 2.36. The fourth-order valence-electron chi connectivity index (χ4n) is 1.88. The van der Waals surface area contributed by atoms with E-state index in [9.17, 15) is 4.79 Å². The Morgan fingerprint density at radius 3 is 2.74 bits per heavy atom. The van der Waals surface area contributed by atoms with Crippen LogP contribution in [0.4, 0.5) is 0 Å². The SMILES string of the molecule is Cn1nccc1CCC(=O)Cc1ccc(Cl)cc1Cl. The Morgan fingerprint density at radius 2 is 2.11 bits per heavy atom. The molecule has 0 saturated heterocycles. The van der Waals surface area contributed by atoms with Gasteiger partial charge in [0.1, 0.15) is 5.78 Å². The number of rotatable bonds is 5. The molecule has 0 aliphatic carbocycles. The molecule has 0 fully saturated rings. The quantitative estimate of drug-likeness (QED) is 0.847. The van der Waals surface area contributed by atoms with Crippen molar-refractivity contribution in [1.29, 1.82) is 0 Å². The summed E-state index contributed by atoms with van der Waals surface area (Å²) >= 11 is 11.9. The molecule has 0 aliphatic heterocycles. The van der Waals surface area contributed by atoms with Crippen molar-refractivity contribution in [3.05, 3.63) is 51.8 Å². The molecule has 2 aromatic rings. The standard InChI is InChI=1S/C14H14Cl2N2O/c1-18-12(6-7-17-18)4-5-13(19)8-10-2-3-11(15)9-14(10)16/h2-3,6-7,9H,4-5,8H2,1H3. The van der Waals surface area contributed by atoms with Crippen LogP contribution in [-0.4, -0.2) is 15.6 Å². The van der Waals surface area contributed by atoms with Crippen molar-refractivity contribution in [2.24, 2.45) is 7.05 Å². The predicted octanol–water partition coefficient (Wildman–Crippen LogP) is 3.47. The minimum absolute atomic E-state index is 0.158. The number of Topliss-reactive ketones (excluding diaryl/α,β-unsaturated/α-hetero) is 1. The van der Waals surface area contributed by atoms with Crippen molar-refractivity contribution in [2.75, 3.05) is 0 Å². The zero-order chi connectivity index (χ0) is 13.8. The van der Waals surface area contributed by atoms with Gasteiger partial charge in [0.15, 0.2) is 0 Å². The van der Waals surface area contributed by atoms with Crippen LogP contribution < -0.4 is 0 Å². The fraction of sp³-hybridized carbons (Fsp3) is 0.286. The smallest absolute Gasteiger partial charge is 0.137 e. The third kappa shape index (κ3) is 3.82. The van der Waals surface area contributed by atoms with E-state index in [0.717, 1.165) is 11.3 Å². The number of nitrogens with zero attached hydrogens (tertiary/aromatic N) is 2. The van der Waals surface area contributed by atoms with Crippen molar-refractivity contribution < 1.29 is 4.79 Å². The monoisotopic (exact) mass is 296 g/mol. The molecular weight excluding hydrogens is 283 g/mol. The molecule has 0 spiro atoms. The molecule has 1 aromatic carbocycles. The summed E-state index contributed by atoms with van der Waals surface area (Å²) in [5.74, 6) is 0.158. The largest absolute Gasteiger partial charge is 0.299 e. The molecule has 1 aromatic heterocycles. The maximum Gasteiger partial charge on any atom is 0.137 e. The molecule has 1 heterocycles. The zero-order valence-electron chi connectivity index (χ0n) is 10.6. The predicted molar refractivity (Wildman–Crippen MR) is 76.7 cm³/mol. The minimum atomic E-state index is 0.158. The van der Waals surface area contributed by atoms with E-state index in [-0.39, 0.29) is 5.78 Å². The van der Waals surface area contributed by atoms with E-state index >= 15 is 0 Å². The number of aryl methyl sites for hydroxylation is 2. The topological polar surface area (TPSA) is 34.9 Å². The lowest BCUT2D eigenvalue weighted by molar-refractivity contribution is -0.118. The van der Waals surface area contributed by atoms with Gasteiger partial charge >= 0.3 is 0 Å². The Labute approximate surface area is 122 Å². The molecule has 0 N–H and O–H groups in total. The Bertz CT molecular complexity index is 593. The summed E-state index contributed by atoms with van der Waals surface area (Å²) in [5.41, 5.74) is 1.87. The molecule has 5 heteroatoms. The van der Waals surface area contributed by atoms with E-state index in [1.54, 1.807) is 29.1 Å². The third-order valence-corrected chi connectivity index (χ3v) is 3.57. The molecule has 0 bridgehead atoms. The van der Waals surface area contributed by atoms with Crippen molar-refractivity contribution in [3.63, 3.8) is 0 Å². The first-order valence-electron chi connectivity index (χ1n) is 5.99. The van der Waals surface area contributed by atoms with Gasteiger partial charge in [-0.3, -0.25) is 9.48 Å². The van der Waals surface area contributed by atoms with Crippen LogP contribution in [0.5, 0.6) is 0 Å². The van der Waals surface area contributed by atoms with Crippen LogP contribution in [0, 0.1) is 0 Å². The van der Waals surface area contributed by atoms with Crippen LogP contribution in [-0.2, 0) is 24.7 Å². The number of halogens is 2. The molecule has 100 valence electrons. The van der Waals surface area contributed by atoms with Crippen molar-refractivity contribution in [3.8, 4) is 0 Å². The summed E-state index contributed by atoms with van der Waals surface area (Å²) in [6.45, 7) is 0. The van der Waals surface area contributed by atoms with Crippen LogP contribution in [0.1, 0.15) is 17.7 Å². The van der Waals surface area contributed by atoms with E-state index in [1.807, 2.05) is 13.1 Å². The maximum atomic E-state index is 11.9. The van der Waals surface area contributed by atoms with E-state index in [2.05, 4.69) is 5.10 Å². The summed E-state index contributed by atoms with van der Waals surface area (Å²) in [5, 5.41) is 5.19. The molecule has 2 rings (SSSR count). The zero-order valence-corrected chi connectivity index (χ0v) is 12.1. The van der Waals surface area contributed by atoms with Crippen LogP contribution in [0.25, 0.3) is 0 Å². The second-order valence-corrected chi connectivity index (χ2v) is 5.24. The number of aromatic nitrogens is 2. The van der Waals surface area contributed by atoms with Crippen LogP contribution in [0.3, 0.4) is 0 Å². The molecule has 0 aliphatic rings. The van der Waals surface area contributed by atoms with Crippen LogP contribution in [0.2, 0.25) is 10.0 Å². The molecular formula is C14H14Cl2N2O. The van der Waals surface area contributed by atoms with Gasteiger partial charge in [-0.2, -0.15) is 5.10 Å². The average Bonchev–Trinajstić information content (AvgIpc) is 2.76. The highest BCUT2D eigenvalue weighted by Crippen LogP contribution is 2.21. The number of carbonyl (C=O) groups is 1. The molecule has 0 unspecified atom stereocenters. The van der Waals surface area contributed by atoms with Gasteiger partial charge in [-0.25, -0.2) is 0 Å². The normalized spacial score (nSPS) is 10.7. The van der Waals surface area contributed by atoms with E-state index in [1.165, 1.54) is 0 Å². The molecule has 0 radical (unpaired) electrons. The van der Waals surface area contributed by atoms with E-state index in [4.69, 9.17) is 23.2 Å². The highest BCUT2D eigenvalue weighted by Gasteiger charge is 2.09. The van der Waals surface area contributed by atoms with Crippen LogP contribution >= 0.6 is 23.2 Å². The lowest BCUT2D eigenvalue weighted by Crippen LogP contribution is -2.07. The van der Waals surface area contributed by atoms with Gasteiger partial charge in [0.05, 0.1) is 0 Å². The first-order valence-corrected chi connectivity index (χ1v) is 6.74. The number of benzene rings is 1. The number of hydrogen-bond donors (Lipinski definition) is 0.